The zero-order valence-corrected chi connectivity index (χ0v) is 12.8. The molecule has 1 fully saturated rings. The smallest absolute Gasteiger partial charge is 0.248 e. The maximum absolute atomic E-state index is 12.2. The molecule has 0 unspecified atom stereocenters. The van der Waals surface area contributed by atoms with Gasteiger partial charge in [0, 0.05) is 25.2 Å². The standard InChI is InChI=1S/C17H19N3O3/c21-17(13-22-12-14-5-2-1-3-6-14)20-10-8-15(11-20)23-16-7-4-9-18-19-16/h1-7,9,15H,8,10-13H2/t15-/m0/s1. The molecule has 2 aromatic rings. The summed E-state index contributed by atoms with van der Waals surface area (Å²) in [6.07, 6.45) is 2.35. The summed E-state index contributed by atoms with van der Waals surface area (Å²) in [4.78, 5) is 13.9. The Kier molecular flexibility index (Phi) is 5.16. The molecule has 6 heteroatoms. The Morgan fingerprint density at radius 1 is 1.22 bits per heavy atom. The summed E-state index contributed by atoms with van der Waals surface area (Å²) in [5.74, 6) is 0.485. The Labute approximate surface area is 135 Å². The van der Waals surface area contributed by atoms with Crippen LogP contribution >= 0.6 is 0 Å². The van der Waals surface area contributed by atoms with Gasteiger partial charge in [-0.15, -0.1) is 5.10 Å². The molecule has 0 aliphatic carbocycles. The molecule has 120 valence electrons. The van der Waals surface area contributed by atoms with Gasteiger partial charge < -0.3 is 14.4 Å². The molecule has 1 atom stereocenters. The fourth-order valence-electron chi connectivity index (χ4n) is 2.49. The third kappa shape index (κ3) is 4.50. The van der Waals surface area contributed by atoms with Gasteiger partial charge in [-0.2, -0.15) is 5.10 Å². The molecule has 1 aromatic heterocycles. The zero-order valence-electron chi connectivity index (χ0n) is 12.8. The number of hydrogen-bond acceptors (Lipinski definition) is 5. The van der Waals surface area contributed by atoms with Gasteiger partial charge >= 0.3 is 0 Å². The number of amides is 1. The predicted octanol–water partition coefficient (Wildman–Crippen LogP) is 1.67. The summed E-state index contributed by atoms with van der Waals surface area (Å²) in [5, 5.41) is 7.67. The van der Waals surface area contributed by atoms with Crippen LogP contribution in [0, 0.1) is 0 Å². The second-order valence-electron chi connectivity index (χ2n) is 5.41. The molecule has 3 rings (SSSR count). The van der Waals surface area contributed by atoms with Crippen LogP contribution in [0.25, 0.3) is 0 Å². The number of likely N-dealkylation sites (tertiary alicyclic amines) is 1. The third-order valence-corrected chi connectivity index (χ3v) is 3.67. The van der Waals surface area contributed by atoms with Crippen LogP contribution in [-0.4, -0.2) is 46.8 Å². The van der Waals surface area contributed by atoms with E-state index in [0.717, 1.165) is 12.0 Å². The van der Waals surface area contributed by atoms with Crippen molar-refractivity contribution in [2.75, 3.05) is 19.7 Å². The molecular formula is C17H19N3O3. The minimum absolute atomic E-state index is 0.00817. The molecule has 0 spiro atoms. The maximum Gasteiger partial charge on any atom is 0.248 e. The Hall–Kier alpha value is -2.47. The Morgan fingerprint density at radius 3 is 2.87 bits per heavy atom. The van der Waals surface area contributed by atoms with Crippen LogP contribution < -0.4 is 4.74 Å². The lowest BCUT2D eigenvalue weighted by molar-refractivity contribution is -0.135. The second-order valence-corrected chi connectivity index (χ2v) is 5.41. The lowest BCUT2D eigenvalue weighted by Gasteiger charge is -2.16. The molecule has 0 bridgehead atoms. The SMILES string of the molecule is O=C(COCc1ccccc1)N1CC[C@H](Oc2cccnn2)C1. The van der Waals surface area contributed by atoms with Crippen LogP contribution in [0.2, 0.25) is 0 Å². The molecule has 6 nitrogen and oxygen atoms in total. The van der Waals surface area contributed by atoms with Gasteiger partial charge in [0.15, 0.2) is 0 Å². The highest BCUT2D eigenvalue weighted by Crippen LogP contribution is 2.16. The van der Waals surface area contributed by atoms with E-state index >= 15 is 0 Å². The molecule has 23 heavy (non-hydrogen) atoms. The first-order valence-electron chi connectivity index (χ1n) is 7.65. The van der Waals surface area contributed by atoms with E-state index in [2.05, 4.69) is 10.2 Å². The van der Waals surface area contributed by atoms with Crippen LogP contribution in [0.3, 0.4) is 0 Å². The molecule has 1 amide bonds. The van der Waals surface area contributed by atoms with Gasteiger partial charge in [0.2, 0.25) is 11.8 Å². The maximum atomic E-state index is 12.2. The third-order valence-electron chi connectivity index (χ3n) is 3.67. The lowest BCUT2D eigenvalue weighted by Crippen LogP contribution is -2.33. The van der Waals surface area contributed by atoms with Gasteiger partial charge in [0.25, 0.3) is 0 Å². The number of carbonyl (C=O) groups is 1. The number of nitrogens with zero attached hydrogens (tertiary/aromatic N) is 3. The quantitative estimate of drug-likeness (QED) is 0.812. The number of carbonyl (C=O) groups excluding carboxylic acids is 1. The average molecular weight is 313 g/mol. The summed E-state index contributed by atoms with van der Waals surface area (Å²) in [6.45, 7) is 1.77. The summed E-state index contributed by atoms with van der Waals surface area (Å²) < 4.78 is 11.2. The fraction of sp³-hybridized carbons (Fsp3) is 0.353. The van der Waals surface area contributed by atoms with Crippen molar-refractivity contribution in [2.45, 2.75) is 19.1 Å². The van der Waals surface area contributed by atoms with Crippen molar-refractivity contribution in [3.8, 4) is 5.88 Å². The molecule has 1 aliphatic rings. The van der Waals surface area contributed by atoms with Crippen molar-refractivity contribution >= 4 is 5.91 Å². The summed E-state index contributed by atoms with van der Waals surface area (Å²) in [6, 6.07) is 13.4. The minimum atomic E-state index is -0.0372. The fourth-order valence-corrected chi connectivity index (χ4v) is 2.49. The normalized spacial score (nSPS) is 17.2. The molecule has 1 saturated heterocycles. The van der Waals surface area contributed by atoms with Crippen molar-refractivity contribution in [1.82, 2.24) is 15.1 Å². The van der Waals surface area contributed by atoms with E-state index < -0.39 is 0 Å². The molecule has 2 heterocycles. The van der Waals surface area contributed by atoms with Crippen LogP contribution in [0.15, 0.2) is 48.7 Å². The first-order valence-corrected chi connectivity index (χ1v) is 7.65. The second kappa shape index (κ2) is 7.69. The molecular weight excluding hydrogens is 294 g/mol. The van der Waals surface area contributed by atoms with Gasteiger partial charge in [0.1, 0.15) is 12.7 Å². The lowest BCUT2D eigenvalue weighted by atomic mass is 10.2. The van der Waals surface area contributed by atoms with E-state index in [0.29, 0.717) is 25.6 Å². The van der Waals surface area contributed by atoms with Crippen molar-refractivity contribution in [2.24, 2.45) is 0 Å². The van der Waals surface area contributed by atoms with Gasteiger partial charge in [-0.1, -0.05) is 30.3 Å². The predicted molar refractivity (Wildman–Crippen MR) is 83.7 cm³/mol. The first-order chi connectivity index (χ1) is 11.3. The van der Waals surface area contributed by atoms with Crippen molar-refractivity contribution in [1.29, 1.82) is 0 Å². The van der Waals surface area contributed by atoms with Crippen molar-refractivity contribution < 1.29 is 14.3 Å². The average Bonchev–Trinajstić information content (AvgIpc) is 3.05. The van der Waals surface area contributed by atoms with E-state index in [-0.39, 0.29) is 18.6 Å². The number of benzene rings is 1. The summed E-state index contributed by atoms with van der Waals surface area (Å²) in [7, 11) is 0. The van der Waals surface area contributed by atoms with Crippen LogP contribution in [0.1, 0.15) is 12.0 Å². The number of rotatable bonds is 6. The van der Waals surface area contributed by atoms with E-state index in [1.807, 2.05) is 30.3 Å². The summed E-state index contributed by atoms with van der Waals surface area (Å²) in [5.41, 5.74) is 1.06. The van der Waals surface area contributed by atoms with E-state index in [4.69, 9.17) is 9.47 Å². The Morgan fingerprint density at radius 2 is 2.09 bits per heavy atom. The Balaban J connectivity index is 1.41. The van der Waals surface area contributed by atoms with Gasteiger partial charge in [-0.05, 0) is 11.6 Å². The van der Waals surface area contributed by atoms with Crippen LogP contribution in [0.5, 0.6) is 5.88 Å². The highest BCUT2D eigenvalue weighted by molar-refractivity contribution is 5.77. The van der Waals surface area contributed by atoms with Crippen LogP contribution in [-0.2, 0) is 16.1 Å². The molecule has 1 aliphatic heterocycles. The van der Waals surface area contributed by atoms with Gasteiger partial charge in [0.05, 0.1) is 13.2 Å². The number of ether oxygens (including phenoxy) is 2. The van der Waals surface area contributed by atoms with E-state index in [9.17, 15) is 4.79 Å². The number of aromatic nitrogens is 2. The highest BCUT2D eigenvalue weighted by Gasteiger charge is 2.27. The minimum Gasteiger partial charge on any atom is -0.471 e. The van der Waals surface area contributed by atoms with Gasteiger partial charge in [-0.25, -0.2) is 0 Å². The van der Waals surface area contributed by atoms with Crippen molar-refractivity contribution in [3.05, 3.63) is 54.2 Å². The van der Waals surface area contributed by atoms with Crippen molar-refractivity contribution in [3.63, 3.8) is 0 Å². The molecule has 0 N–H and O–H groups in total. The molecule has 0 saturated carbocycles. The molecule has 0 radical (unpaired) electrons. The van der Waals surface area contributed by atoms with E-state index in [1.165, 1.54) is 0 Å². The topological polar surface area (TPSA) is 64.5 Å². The number of hydrogen-bond donors (Lipinski definition) is 0. The zero-order chi connectivity index (χ0) is 15.9. The largest absolute Gasteiger partial charge is 0.471 e. The first kappa shape index (κ1) is 15.4. The highest BCUT2D eigenvalue weighted by atomic mass is 16.5. The van der Waals surface area contributed by atoms with E-state index in [1.54, 1.807) is 23.2 Å². The Bertz CT molecular complexity index is 621. The monoisotopic (exact) mass is 313 g/mol. The van der Waals surface area contributed by atoms with Gasteiger partial charge in [-0.3, -0.25) is 4.79 Å². The summed E-state index contributed by atoms with van der Waals surface area (Å²) >= 11 is 0. The molecule has 1 aromatic carbocycles. The van der Waals surface area contributed by atoms with Crippen LogP contribution in [0.4, 0.5) is 0 Å².